The van der Waals surface area contributed by atoms with Gasteiger partial charge in [0.25, 0.3) is 17.7 Å². The normalized spacial score (nSPS) is 14.7. The van der Waals surface area contributed by atoms with Gasteiger partial charge in [-0.1, -0.05) is 48.0 Å². The van der Waals surface area contributed by atoms with Crippen molar-refractivity contribution in [3.63, 3.8) is 0 Å². The molecule has 1 saturated heterocycles. The third-order valence-corrected chi connectivity index (χ3v) is 5.28. The second kappa shape index (κ2) is 10.1. The topological polar surface area (TPSA) is 87.7 Å². The van der Waals surface area contributed by atoms with Gasteiger partial charge >= 0.3 is 0 Å². The summed E-state index contributed by atoms with van der Waals surface area (Å²) in [5.74, 6) is -0.983. The van der Waals surface area contributed by atoms with Gasteiger partial charge in [-0.2, -0.15) is 0 Å². The van der Waals surface area contributed by atoms with Crippen molar-refractivity contribution < 1.29 is 19.1 Å². The minimum atomic E-state index is -0.578. The number of nitrogens with one attached hydrogen (secondary N) is 2. The third kappa shape index (κ3) is 5.36. The first-order chi connectivity index (χ1) is 16.4. The molecule has 8 heteroatoms. The molecule has 2 N–H and O–H groups in total. The number of carbonyl (C=O) groups is 3. The molecule has 1 fully saturated rings. The molecular formula is C26H21N3O4S. The second-order valence-corrected chi connectivity index (χ2v) is 7.96. The van der Waals surface area contributed by atoms with Gasteiger partial charge in [0.05, 0.1) is 5.69 Å². The first-order valence-corrected chi connectivity index (χ1v) is 10.9. The number of aryl methyl sites for hydroxylation is 1. The van der Waals surface area contributed by atoms with Gasteiger partial charge in [0.1, 0.15) is 11.3 Å². The molecule has 0 atom stereocenters. The molecule has 0 bridgehead atoms. The number of rotatable bonds is 6. The highest BCUT2D eigenvalue weighted by Crippen LogP contribution is 2.23. The van der Waals surface area contributed by atoms with Crippen molar-refractivity contribution in [3.05, 3.63) is 95.6 Å². The van der Waals surface area contributed by atoms with Crippen molar-refractivity contribution >= 4 is 52.5 Å². The highest BCUT2D eigenvalue weighted by molar-refractivity contribution is 7.80. The van der Waals surface area contributed by atoms with Crippen LogP contribution in [0.15, 0.2) is 84.4 Å². The van der Waals surface area contributed by atoms with Crippen molar-refractivity contribution in [2.45, 2.75) is 6.92 Å². The van der Waals surface area contributed by atoms with E-state index < -0.39 is 11.8 Å². The van der Waals surface area contributed by atoms with E-state index in [4.69, 9.17) is 17.0 Å². The van der Waals surface area contributed by atoms with Crippen LogP contribution in [0.5, 0.6) is 5.75 Å². The molecule has 0 saturated carbocycles. The fourth-order valence-electron chi connectivity index (χ4n) is 3.31. The van der Waals surface area contributed by atoms with Gasteiger partial charge in [-0.05, 0) is 67.2 Å². The third-order valence-electron chi connectivity index (χ3n) is 4.99. The zero-order valence-corrected chi connectivity index (χ0v) is 19.1. The van der Waals surface area contributed by atoms with E-state index in [0.29, 0.717) is 22.7 Å². The van der Waals surface area contributed by atoms with Gasteiger partial charge in [0.2, 0.25) is 0 Å². The van der Waals surface area contributed by atoms with E-state index in [0.717, 1.165) is 5.56 Å². The van der Waals surface area contributed by atoms with E-state index in [1.165, 1.54) is 11.0 Å². The number of ether oxygens (including phenoxy) is 1. The molecule has 4 rings (SSSR count). The van der Waals surface area contributed by atoms with E-state index in [2.05, 4.69) is 10.6 Å². The second-order valence-electron chi connectivity index (χ2n) is 7.57. The van der Waals surface area contributed by atoms with Crippen LogP contribution in [0.4, 0.5) is 11.4 Å². The van der Waals surface area contributed by atoms with Crippen molar-refractivity contribution in [2.24, 2.45) is 0 Å². The molecule has 7 nitrogen and oxygen atoms in total. The molecule has 0 unspecified atom stereocenters. The lowest BCUT2D eigenvalue weighted by molar-refractivity contribution is -0.122. The summed E-state index contributed by atoms with van der Waals surface area (Å²) in [6, 6.07) is 23.1. The summed E-state index contributed by atoms with van der Waals surface area (Å²) in [4.78, 5) is 39.0. The number of anilines is 2. The van der Waals surface area contributed by atoms with Crippen molar-refractivity contribution in [1.82, 2.24) is 5.32 Å². The molecule has 0 spiro atoms. The molecule has 34 heavy (non-hydrogen) atoms. The van der Waals surface area contributed by atoms with Crippen LogP contribution in [0.1, 0.15) is 11.1 Å². The number of carbonyl (C=O) groups excluding carboxylic acids is 3. The molecule has 0 aromatic heterocycles. The van der Waals surface area contributed by atoms with Gasteiger partial charge in [-0.25, -0.2) is 0 Å². The molecular weight excluding hydrogens is 450 g/mol. The Hall–Kier alpha value is -4.30. The maximum atomic E-state index is 13.1. The lowest BCUT2D eigenvalue weighted by Gasteiger charge is -2.28. The fraction of sp³-hybridized carbons (Fsp3) is 0.0769. The lowest BCUT2D eigenvalue weighted by atomic mass is 10.1. The molecule has 1 aliphatic heterocycles. The van der Waals surface area contributed by atoms with Gasteiger partial charge in [0, 0.05) is 5.69 Å². The van der Waals surface area contributed by atoms with Crippen LogP contribution in [0, 0.1) is 6.92 Å². The highest BCUT2D eigenvalue weighted by Gasteiger charge is 2.34. The largest absolute Gasteiger partial charge is 0.484 e. The Bertz CT molecular complexity index is 1290. The zero-order valence-electron chi connectivity index (χ0n) is 18.3. The zero-order chi connectivity index (χ0) is 24.1. The summed E-state index contributed by atoms with van der Waals surface area (Å²) in [6.45, 7) is 1.78. The first kappa shape index (κ1) is 22.9. The average Bonchev–Trinajstić information content (AvgIpc) is 2.83. The van der Waals surface area contributed by atoms with Crippen LogP contribution >= 0.6 is 12.2 Å². The van der Waals surface area contributed by atoms with Crippen LogP contribution in [-0.2, 0) is 14.4 Å². The molecule has 170 valence electrons. The van der Waals surface area contributed by atoms with Gasteiger partial charge in [0.15, 0.2) is 11.7 Å². The van der Waals surface area contributed by atoms with Crippen LogP contribution in [0.3, 0.4) is 0 Å². The quantitative estimate of drug-likeness (QED) is 0.324. The Kier molecular flexibility index (Phi) is 6.79. The maximum Gasteiger partial charge on any atom is 0.270 e. The Balaban J connectivity index is 1.47. The molecule has 3 aromatic carbocycles. The number of amides is 3. The Morgan fingerprint density at radius 1 is 1.03 bits per heavy atom. The van der Waals surface area contributed by atoms with E-state index in [9.17, 15) is 14.4 Å². The SMILES string of the molecule is Cc1ccc(NC(=O)COc2cccc(/C=C3/C(=O)NC(=S)N(c4ccccc4)C3=O)c2)cc1. The van der Waals surface area contributed by atoms with E-state index in [1.54, 1.807) is 48.5 Å². The Morgan fingerprint density at radius 2 is 1.76 bits per heavy atom. The number of para-hydroxylation sites is 1. The molecule has 3 amide bonds. The lowest BCUT2D eigenvalue weighted by Crippen LogP contribution is -2.54. The minimum absolute atomic E-state index is 0.0232. The number of hydrogen-bond acceptors (Lipinski definition) is 5. The highest BCUT2D eigenvalue weighted by atomic mass is 32.1. The maximum absolute atomic E-state index is 13.1. The number of hydrogen-bond donors (Lipinski definition) is 2. The smallest absolute Gasteiger partial charge is 0.270 e. The summed E-state index contributed by atoms with van der Waals surface area (Å²) < 4.78 is 5.60. The molecule has 0 radical (unpaired) electrons. The van der Waals surface area contributed by atoms with Crippen molar-refractivity contribution in [2.75, 3.05) is 16.8 Å². The average molecular weight is 472 g/mol. The van der Waals surface area contributed by atoms with Crippen LogP contribution in [-0.4, -0.2) is 29.4 Å². The van der Waals surface area contributed by atoms with Crippen molar-refractivity contribution in [1.29, 1.82) is 0 Å². The number of thiocarbonyl (C=S) groups is 1. The number of benzene rings is 3. The summed E-state index contributed by atoms with van der Waals surface area (Å²) in [5, 5.41) is 5.34. The Morgan fingerprint density at radius 3 is 2.50 bits per heavy atom. The summed E-state index contributed by atoms with van der Waals surface area (Å²) in [7, 11) is 0. The van der Waals surface area contributed by atoms with Crippen LogP contribution in [0.25, 0.3) is 6.08 Å². The van der Waals surface area contributed by atoms with E-state index in [1.807, 2.05) is 37.3 Å². The molecule has 0 aliphatic carbocycles. The van der Waals surface area contributed by atoms with Gasteiger partial charge in [-0.15, -0.1) is 0 Å². The first-order valence-electron chi connectivity index (χ1n) is 10.5. The molecule has 3 aromatic rings. The minimum Gasteiger partial charge on any atom is -0.484 e. The van der Waals surface area contributed by atoms with Crippen LogP contribution < -0.4 is 20.3 Å². The van der Waals surface area contributed by atoms with E-state index in [-0.39, 0.29) is 23.2 Å². The van der Waals surface area contributed by atoms with E-state index >= 15 is 0 Å². The molecule has 1 aliphatic rings. The fourth-order valence-corrected chi connectivity index (χ4v) is 3.59. The summed E-state index contributed by atoms with van der Waals surface area (Å²) in [6.07, 6.45) is 1.47. The predicted octanol–water partition coefficient (Wildman–Crippen LogP) is 3.84. The monoisotopic (exact) mass is 471 g/mol. The molecule has 1 heterocycles. The van der Waals surface area contributed by atoms with Crippen molar-refractivity contribution in [3.8, 4) is 5.75 Å². The Labute approximate surface area is 202 Å². The summed E-state index contributed by atoms with van der Waals surface area (Å²) >= 11 is 5.20. The van der Waals surface area contributed by atoms with Gasteiger partial charge < -0.3 is 10.1 Å². The summed E-state index contributed by atoms with van der Waals surface area (Å²) in [5.41, 5.74) is 2.84. The van der Waals surface area contributed by atoms with Gasteiger partial charge in [-0.3, -0.25) is 24.6 Å². The number of nitrogens with zero attached hydrogens (tertiary/aromatic N) is 1. The standard InChI is InChI=1S/C26H21N3O4S/c1-17-10-12-19(13-11-17)27-23(30)16-33-21-9-5-6-18(14-21)15-22-24(31)28-26(34)29(25(22)32)20-7-3-2-4-8-20/h2-15H,16H2,1H3,(H,27,30)(H,28,31,34)/b22-15-. The predicted molar refractivity (Wildman–Crippen MR) is 134 cm³/mol. The van der Waals surface area contributed by atoms with Crippen LogP contribution in [0.2, 0.25) is 0 Å².